The van der Waals surface area contributed by atoms with Crippen LogP contribution in [0.1, 0.15) is 42.1 Å². The Balaban J connectivity index is 1.53. The molecule has 0 saturated heterocycles. The molecule has 3 N–H and O–H groups in total. The predicted molar refractivity (Wildman–Crippen MR) is 131 cm³/mol. The lowest BCUT2D eigenvalue weighted by atomic mass is 10.1. The normalized spacial score (nSPS) is 16.5. The number of nitrogens with two attached hydrogens (primary N) is 1. The van der Waals surface area contributed by atoms with E-state index in [0.717, 1.165) is 31.2 Å². The smallest absolute Gasteiger partial charge is 0.240 e. The molecule has 0 aromatic heterocycles. The zero-order valence-electron chi connectivity index (χ0n) is 19.5. The van der Waals surface area contributed by atoms with Crippen molar-refractivity contribution in [2.75, 3.05) is 24.0 Å². The summed E-state index contributed by atoms with van der Waals surface area (Å²) in [7, 11) is -1.98. The van der Waals surface area contributed by atoms with Crippen LogP contribution in [0.25, 0.3) is 0 Å². The second-order valence-electron chi connectivity index (χ2n) is 8.74. The third-order valence-corrected chi connectivity index (χ3v) is 7.78. The molecule has 35 heavy (non-hydrogen) atoms. The minimum atomic E-state index is -1.98. The first kappa shape index (κ1) is 24.7. The quantitative estimate of drug-likeness (QED) is 0.544. The Bertz CT molecular complexity index is 1150. The monoisotopic (exact) mass is 499 g/mol. The van der Waals surface area contributed by atoms with Gasteiger partial charge in [0, 0.05) is 22.5 Å². The molecule has 1 aliphatic carbocycles. The number of nitrogens with one attached hydrogen (secondary N) is 1. The van der Waals surface area contributed by atoms with Gasteiger partial charge in [0.05, 0.1) is 0 Å². The largest absolute Gasteiger partial charge is 0.454 e. The van der Waals surface area contributed by atoms with Crippen LogP contribution in [-0.2, 0) is 25.2 Å². The summed E-state index contributed by atoms with van der Waals surface area (Å²) < 4.78 is 23.9. The summed E-state index contributed by atoms with van der Waals surface area (Å²) in [6.45, 7) is 1.68. The van der Waals surface area contributed by atoms with Gasteiger partial charge in [-0.1, -0.05) is 37.1 Å². The maximum Gasteiger partial charge on any atom is 0.240 e. The van der Waals surface area contributed by atoms with Crippen molar-refractivity contribution >= 4 is 34.2 Å². The fourth-order valence-electron chi connectivity index (χ4n) is 4.47. The number of benzene rings is 2. The van der Waals surface area contributed by atoms with Crippen LogP contribution in [0.3, 0.4) is 0 Å². The summed E-state index contributed by atoms with van der Waals surface area (Å²) in [4.78, 5) is 39.7. The van der Waals surface area contributed by atoms with Crippen molar-refractivity contribution in [2.24, 2.45) is 5.73 Å². The van der Waals surface area contributed by atoms with Gasteiger partial charge in [0.15, 0.2) is 11.5 Å². The maximum absolute atomic E-state index is 13.4. The van der Waals surface area contributed by atoms with Gasteiger partial charge in [-0.2, -0.15) is 0 Å². The standard InChI is InChI=1S/C25H29N3O6S/c1-16-6-2-5-9-19(16)28(13-22(29)27-18-7-3-4-8-18)23(30)14-35(32)24(25(26)31)17-10-11-20-21(12-17)34-15-33-20/h2,5-6,9-12,18,24H,3-4,7-8,13-15H2,1H3,(H2,26,31)(H,27,29). The van der Waals surface area contributed by atoms with E-state index in [9.17, 15) is 18.6 Å². The third kappa shape index (κ3) is 5.82. The Hall–Kier alpha value is -3.40. The predicted octanol–water partition coefficient (Wildman–Crippen LogP) is 2.09. The Labute approximate surface area is 206 Å². The Morgan fingerprint density at radius 1 is 1.11 bits per heavy atom. The molecule has 2 unspecified atom stereocenters. The summed E-state index contributed by atoms with van der Waals surface area (Å²) in [5.41, 5.74) is 7.30. The number of aryl methyl sites for hydroxylation is 1. The number of anilines is 1. The second kappa shape index (κ2) is 10.9. The SMILES string of the molecule is Cc1ccccc1N(CC(=O)NC1CCCC1)C(=O)CS(=O)C(C(N)=O)c1ccc2c(c1)OCO2. The summed E-state index contributed by atoms with van der Waals surface area (Å²) in [5, 5.41) is 1.77. The van der Waals surface area contributed by atoms with E-state index in [2.05, 4.69) is 5.32 Å². The van der Waals surface area contributed by atoms with Gasteiger partial charge in [-0.15, -0.1) is 0 Å². The number of ether oxygens (including phenoxy) is 2. The van der Waals surface area contributed by atoms with Crippen LogP contribution in [-0.4, -0.2) is 47.1 Å². The first-order valence-corrected chi connectivity index (χ1v) is 12.9. The van der Waals surface area contributed by atoms with E-state index in [4.69, 9.17) is 15.2 Å². The molecule has 2 atom stereocenters. The van der Waals surface area contributed by atoms with E-state index in [-0.39, 0.29) is 25.3 Å². The van der Waals surface area contributed by atoms with Gasteiger partial charge < -0.3 is 25.4 Å². The van der Waals surface area contributed by atoms with Gasteiger partial charge in [0.1, 0.15) is 17.5 Å². The summed E-state index contributed by atoms with van der Waals surface area (Å²) in [6, 6.07) is 12.0. The molecule has 1 aliphatic heterocycles. The number of fused-ring (bicyclic) bond motifs is 1. The van der Waals surface area contributed by atoms with Gasteiger partial charge >= 0.3 is 0 Å². The van der Waals surface area contributed by atoms with Crippen LogP contribution in [0.5, 0.6) is 11.5 Å². The molecule has 3 amide bonds. The van der Waals surface area contributed by atoms with Crippen molar-refractivity contribution in [1.29, 1.82) is 0 Å². The number of carbonyl (C=O) groups is 3. The molecule has 0 bridgehead atoms. The molecule has 1 saturated carbocycles. The highest BCUT2D eigenvalue weighted by molar-refractivity contribution is 7.86. The van der Waals surface area contributed by atoms with E-state index in [1.54, 1.807) is 30.3 Å². The topological polar surface area (TPSA) is 128 Å². The molecule has 4 rings (SSSR count). The zero-order chi connectivity index (χ0) is 24.9. The minimum Gasteiger partial charge on any atom is -0.454 e. The van der Waals surface area contributed by atoms with Crippen LogP contribution >= 0.6 is 0 Å². The molecule has 10 heteroatoms. The highest BCUT2D eigenvalue weighted by Gasteiger charge is 2.31. The Morgan fingerprint density at radius 2 is 1.83 bits per heavy atom. The van der Waals surface area contributed by atoms with E-state index in [1.807, 2.05) is 19.1 Å². The second-order valence-corrected chi connectivity index (χ2v) is 10.3. The van der Waals surface area contributed by atoms with Gasteiger partial charge in [-0.05, 0) is 49.1 Å². The first-order valence-electron chi connectivity index (χ1n) is 11.5. The number of carbonyl (C=O) groups excluding carboxylic acids is 3. The molecular weight excluding hydrogens is 470 g/mol. The number of hydrogen-bond donors (Lipinski definition) is 2. The summed E-state index contributed by atoms with van der Waals surface area (Å²) in [5.74, 6) is -1.18. The lowest BCUT2D eigenvalue weighted by molar-refractivity contribution is -0.123. The van der Waals surface area contributed by atoms with E-state index in [0.29, 0.717) is 22.7 Å². The molecular formula is C25H29N3O6S. The number of amides is 3. The van der Waals surface area contributed by atoms with E-state index >= 15 is 0 Å². The van der Waals surface area contributed by atoms with E-state index < -0.39 is 33.6 Å². The zero-order valence-corrected chi connectivity index (χ0v) is 20.3. The summed E-state index contributed by atoms with van der Waals surface area (Å²) >= 11 is 0. The average Bonchev–Trinajstić information content (AvgIpc) is 3.49. The molecule has 9 nitrogen and oxygen atoms in total. The van der Waals surface area contributed by atoms with Gasteiger partial charge in [0.2, 0.25) is 24.5 Å². The number of nitrogens with zero attached hydrogens (tertiary/aromatic N) is 1. The fourth-order valence-corrected chi connectivity index (χ4v) is 5.74. The number of rotatable bonds is 9. The maximum atomic E-state index is 13.4. The lowest BCUT2D eigenvalue weighted by Gasteiger charge is -2.25. The van der Waals surface area contributed by atoms with Gasteiger partial charge in [-0.25, -0.2) is 0 Å². The van der Waals surface area contributed by atoms with Crippen LogP contribution in [0.2, 0.25) is 0 Å². The van der Waals surface area contributed by atoms with Crippen LogP contribution in [0.4, 0.5) is 5.69 Å². The van der Waals surface area contributed by atoms with Gasteiger partial charge in [0.25, 0.3) is 0 Å². The van der Waals surface area contributed by atoms with Crippen molar-refractivity contribution in [1.82, 2.24) is 5.32 Å². The molecule has 1 heterocycles. The number of primary amides is 1. The van der Waals surface area contributed by atoms with Crippen LogP contribution in [0, 0.1) is 6.92 Å². The molecule has 186 valence electrons. The number of hydrogen-bond acceptors (Lipinski definition) is 6. The highest BCUT2D eigenvalue weighted by Crippen LogP contribution is 2.35. The molecule has 2 aliphatic rings. The number of para-hydroxylation sites is 1. The first-order chi connectivity index (χ1) is 16.8. The van der Waals surface area contributed by atoms with Crippen molar-refractivity contribution in [3.8, 4) is 11.5 Å². The molecule has 0 radical (unpaired) electrons. The molecule has 1 fully saturated rings. The molecule has 2 aromatic rings. The fraction of sp³-hybridized carbons (Fsp3) is 0.400. The highest BCUT2D eigenvalue weighted by atomic mass is 32.2. The van der Waals surface area contributed by atoms with Crippen LogP contribution < -0.4 is 25.4 Å². The van der Waals surface area contributed by atoms with Crippen molar-refractivity contribution in [2.45, 2.75) is 43.9 Å². The van der Waals surface area contributed by atoms with E-state index in [1.165, 1.54) is 4.90 Å². The summed E-state index contributed by atoms with van der Waals surface area (Å²) in [6.07, 6.45) is 3.98. The van der Waals surface area contributed by atoms with Crippen LogP contribution in [0.15, 0.2) is 42.5 Å². The lowest BCUT2D eigenvalue weighted by Crippen LogP contribution is -2.45. The minimum absolute atomic E-state index is 0.0515. The molecule has 2 aromatic carbocycles. The van der Waals surface area contributed by atoms with Gasteiger partial charge in [-0.3, -0.25) is 18.6 Å². The third-order valence-electron chi connectivity index (χ3n) is 6.22. The Kier molecular flexibility index (Phi) is 7.70. The molecule has 0 spiro atoms. The van der Waals surface area contributed by atoms with Crippen molar-refractivity contribution in [3.05, 3.63) is 53.6 Å². The Morgan fingerprint density at radius 3 is 2.54 bits per heavy atom. The average molecular weight is 500 g/mol. The van der Waals surface area contributed by atoms with Crippen molar-refractivity contribution in [3.63, 3.8) is 0 Å². The van der Waals surface area contributed by atoms with Crippen molar-refractivity contribution < 1.29 is 28.1 Å².